The average Bonchev–Trinajstić information content (AvgIpc) is 2.79. The molecular weight excluding hydrogens is 421 g/mol. The zero-order valence-electron chi connectivity index (χ0n) is 16.3. The third kappa shape index (κ3) is 4.53. The fourth-order valence-corrected chi connectivity index (χ4v) is 2.96. The maximum atomic E-state index is 13.1. The Morgan fingerprint density at radius 2 is 1.72 bits per heavy atom. The van der Waals surface area contributed by atoms with Gasteiger partial charge < -0.3 is 11.1 Å². The van der Waals surface area contributed by atoms with Gasteiger partial charge in [-0.2, -0.15) is 13.2 Å². The van der Waals surface area contributed by atoms with Gasteiger partial charge in [-0.1, -0.05) is 36.4 Å². The first-order chi connectivity index (χ1) is 15.3. The Hall–Kier alpha value is -4.34. The first kappa shape index (κ1) is 20.9. The summed E-state index contributed by atoms with van der Waals surface area (Å²) in [5, 5.41) is 2.62. The standard InChI is InChI=1S/C22H15F3N6O/c23-22(24,25)21-30-17(10-19(26)31-21)15-8-9-27-12-18(15)29-20(32)16-7-6-14(11-28-16)13-4-2-1-3-5-13/h1-12H,(H,29,32)(H2,26,30,31). The highest BCUT2D eigenvalue weighted by Gasteiger charge is 2.35. The Labute approximate surface area is 180 Å². The predicted octanol–water partition coefficient (Wildman–Crippen LogP) is 4.45. The molecule has 0 aliphatic carbocycles. The Morgan fingerprint density at radius 3 is 2.41 bits per heavy atom. The predicted molar refractivity (Wildman–Crippen MR) is 112 cm³/mol. The van der Waals surface area contributed by atoms with Crippen molar-refractivity contribution in [1.82, 2.24) is 19.9 Å². The van der Waals surface area contributed by atoms with E-state index >= 15 is 0 Å². The number of carbonyl (C=O) groups excluding carboxylic acids is 1. The summed E-state index contributed by atoms with van der Waals surface area (Å²) in [4.78, 5) is 27.6. The number of nitrogens with one attached hydrogen (secondary N) is 1. The van der Waals surface area contributed by atoms with Gasteiger partial charge in [-0.05, 0) is 17.7 Å². The van der Waals surface area contributed by atoms with Crippen molar-refractivity contribution >= 4 is 17.4 Å². The molecule has 3 heterocycles. The number of aromatic nitrogens is 4. The highest BCUT2D eigenvalue weighted by atomic mass is 19.4. The highest BCUT2D eigenvalue weighted by molar-refractivity contribution is 6.05. The van der Waals surface area contributed by atoms with Crippen LogP contribution < -0.4 is 11.1 Å². The lowest BCUT2D eigenvalue weighted by atomic mass is 10.1. The second-order valence-corrected chi connectivity index (χ2v) is 6.67. The molecule has 0 saturated heterocycles. The van der Waals surface area contributed by atoms with Crippen molar-refractivity contribution in [2.24, 2.45) is 0 Å². The molecule has 3 aromatic heterocycles. The van der Waals surface area contributed by atoms with Crippen molar-refractivity contribution in [1.29, 1.82) is 0 Å². The molecule has 10 heteroatoms. The number of hydrogen-bond donors (Lipinski definition) is 2. The van der Waals surface area contributed by atoms with Gasteiger partial charge in [0.15, 0.2) is 0 Å². The van der Waals surface area contributed by atoms with Gasteiger partial charge in [0.1, 0.15) is 11.5 Å². The van der Waals surface area contributed by atoms with Gasteiger partial charge in [-0.3, -0.25) is 14.8 Å². The number of anilines is 2. The van der Waals surface area contributed by atoms with E-state index in [0.29, 0.717) is 0 Å². The fourth-order valence-electron chi connectivity index (χ4n) is 2.96. The van der Waals surface area contributed by atoms with Gasteiger partial charge in [-0.15, -0.1) is 0 Å². The SMILES string of the molecule is Nc1cc(-c2ccncc2NC(=O)c2ccc(-c3ccccc3)cn2)nc(C(F)(F)F)n1. The minimum Gasteiger partial charge on any atom is -0.384 e. The number of hydrogen-bond acceptors (Lipinski definition) is 6. The van der Waals surface area contributed by atoms with Crippen LogP contribution in [0.15, 0.2) is 73.2 Å². The van der Waals surface area contributed by atoms with Crippen LogP contribution in [0.5, 0.6) is 0 Å². The molecule has 4 rings (SSSR count). The fraction of sp³-hybridized carbons (Fsp3) is 0.0455. The molecule has 0 radical (unpaired) electrons. The minimum absolute atomic E-state index is 0.102. The van der Waals surface area contributed by atoms with Crippen LogP contribution in [0.25, 0.3) is 22.4 Å². The summed E-state index contributed by atoms with van der Waals surface area (Å²) in [7, 11) is 0. The number of benzene rings is 1. The van der Waals surface area contributed by atoms with Crippen molar-refractivity contribution in [3.63, 3.8) is 0 Å². The molecule has 3 N–H and O–H groups in total. The Bertz CT molecular complexity index is 1260. The molecule has 32 heavy (non-hydrogen) atoms. The zero-order valence-corrected chi connectivity index (χ0v) is 16.3. The van der Waals surface area contributed by atoms with Gasteiger partial charge in [-0.25, -0.2) is 9.97 Å². The molecular formula is C22H15F3N6O. The summed E-state index contributed by atoms with van der Waals surface area (Å²) < 4.78 is 39.2. The molecule has 0 unspecified atom stereocenters. The van der Waals surface area contributed by atoms with Gasteiger partial charge in [0.05, 0.1) is 17.6 Å². The summed E-state index contributed by atoms with van der Waals surface area (Å²) in [5.74, 6) is -2.29. The van der Waals surface area contributed by atoms with Crippen LogP contribution in [0.3, 0.4) is 0 Å². The molecule has 0 saturated carbocycles. The molecule has 0 fully saturated rings. The van der Waals surface area contributed by atoms with Crippen molar-refractivity contribution in [2.75, 3.05) is 11.1 Å². The van der Waals surface area contributed by atoms with Crippen LogP contribution in [0.4, 0.5) is 24.7 Å². The summed E-state index contributed by atoms with van der Waals surface area (Å²) in [5.41, 5.74) is 7.69. The molecule has 4 aromatic rings. The number of nitrogens with two attached hydrogens (primary N) is 1. The van der Waals surface area contributed by atoms with Crippen LogP contribution >= 0.6 is 0 Å². The van der Waals surface area contributed by atoms with E-state index in [2.05, 4.69) is 25.3 Å². The quantitative estimate of drug-likeness (QED) is 0.489. The normalized spacial score (nSPS) is 11.2. The van der Waals surface area contributed by atoms with E-state index < -0.39 is 17.9 Å². The number of amides is 1. The summed E-state index contributed by atoms with van der Waals surface area (Å²) in [6.45, 7) is 0. The first-order valence-electron chi connectivity index (χ1n) is 9.30. The van der Waals surface area contributed by atoms with Crippen molar-refractivity contribution in [3.8, 4) is 22.4 Å². The van der Waals surface area contributed by atoms with E-state index in [1.165, 1.54) is 24.5 Å². The van der Waals surface area contributed by atoms with E-state index in [-0.39, 0.29) is 28.5 Å². The Kier molecular flexibility index (Phi) is 5.50. The van der Waals surface area contributed by atoms with Crippen LogP contribution in [0.2, 0.25) is 0 Å². The number of carbonyl (C=O) groups is 1. The van der Waals surface area contributed by atoms with Crippen LogP contribution in [-0.4, -0.2) is 25.8 Å². The van der Waals surface area contributed by atoms with E-state index in [4.69, 9.17) is 5.73 Å². The first-order valence-corrected chi connectivity index (χ1v) is 9.30. The maximum Gasteiger partial charge on any atom is 0.451 e. The Morgan fingerprint density at radius 1 is 0.938 bits per heavy atom. The number of alkyl halides is 3. The van der Waals surface area contributed by atoms with E-state index in [1.54, 1.807) is 18.3 Å². The Balaban J connectivity index is 1.62. The summed E-state index contributed by atoms with van der Waals surface area (Å²) >= 11 is 0. The second-order valence-electron chi connectivity index (χ2n) is 6.67. The molecule has 0 bridgehead atoms. The van der Waals surface area contributed by atoms with E-state index in [0.717, 1.165) is 11.1 Å². The summed E-state index contributed by atoms with van der Waals surface area (Å²) in [6, 6.07) is 15.4. The lowest BCUT2D eigenvalue weighted by molar-refractivity contribution is -0.144. The van der Waals surface area contributed by atoms with Crippen molar-refractivity contribution in [3.05, 3.63) is 84.7 Å². The van der Waals surface area contributed by atoms with Crippen LogP contribution in [0.1, 0.15) is 16.3 Å². The van der Waals surface area contributed by atoms with E-state index in [1.807, 2.05) is 30.3 Å². The molecule has 7 nitrogen and oxygen atoms in total. The average molecular weight is 436 g/mol. The molecule has 0 aliphatic heterocycles. The lowest BCUT2D eigenvalue weighted by Crippen LogP contribution is -2.15. The molecule has 1 amide bonds. The van der Waals surface area contributed by atoms with Crippen LogP contribution in [-0.2, 0) is 6.18 Å². The van der Waals surface area contributed by atoms with Gasteiger partial charge in [0.25, 0.3) is 5.91 Å². The number of halogens is 3. The highest BCUT2D eigenvalue weighted by Crippen LogP contribution is 2.32. The molecule has 0 aliphatic rings. The van der Waals surface area contributed by atoms with E-state index in [9.17, 15) is 18.0 Å². The zero-order chi connectivity index (χ0) is 22.7. The lowest BCUT2D eigenvalue weighted by Gasteiger charge is -2.12. The molecule has 160 valence electrons. The minimum atomic E-state index is -4.77. The topological polar surface area (TPSA) is 107 Å². The van der Waals surface area contributed by atoms with Gasteiger partial charge in [0, 0.05) is 29.6 Å². The molecule has 1 aromatic carbocycles. The monoisotopic (exact) mass is 436 g/mol. The maximum absolute atomic E-state index is 13.1. The number of nitrogens with zero attached hydrogens (tertiary/aromatic N) is 4. The number of pyridine rings is 2. The largest absolute Gasteiger partial charge is 0.451 e. The molecule has 0 atom stereocenters. The molecule has 0 spiro atoms. The number of nitrogen functional groups attached to an aromatic ring is 1. The van der Waals surface area contributed by atoms with Crippen LogP contribution in [0, 0.1) is 0 Å². The second kappa shape index (κ2) is 8.42. The van der Waals surface area contributed by atoms with Crippen molar-refractivity contribution < 1.29 is 18.0 Å². The third-order valence-corrected chi connectivity index (χ3v) is 4.45. The van der Waals surface area contributed by atoms with Crippen molar-refractivity contribution in [2.45, 2.75) is 6.18 Å². The smallest absolute Gasteiger partial charge is 0.384 e. The third-order valence-electron chi connectivity index (χ3n) is 4.45. The van der Waals surface area contributed by atoms with Gasteiger partial charge in [0.2, 0.25) is 5.82 Å². The number of rotatable bonds is 4. The summed E-state index contributed by atoms with van der Waals surface area (Å²) in [6.07, 6.45) is -0.541. The van der Waals surface area contributed by atoms with Gasteiger partial charge >= 0.3 is 6.18 Å².